The molecule has 7 heteroatoms. The number of nitrogens with zero attached hydrogens (tertiary/aromatic N) is 1. The smallest absolute Gasteiger partial charge is 0.271 e. The lowest BCUT2D eigenvalue weighted by molar-refractivity contribution is 0.0955. The quantitative estimate of drug-likeness (QED) is 0.311. The van der Waals surface area contributed by atoms with Gasteiger partial charge in [-0.25, -0.2) is 5.43 Å². The van der Waals surface area contributed by atoms with Gasteiger partial charge in [0.25, 0.3) is 5.91 Å². The average molecular weight is 457 g/mol. The summed E-state index contributed by atoms with van der Waals surface area (Å²) in [6, 6.07) is 19.7. The summed E-state index contributed by atoms with van der Waals surface area (Å²) >= 11 is 12.0. The molecule has 0 atom stereocenters. The van der Waals surface area contributed by atoms with Crippen LogP contribution < -0.4 is 14.9 Å². The molecule has 0 spiro atoms. The molecule has 1 N–H and O–H groups in total. The van der Waals surface area contributed by atoms with Crippen molar-refractivity contribution in [3.63, 3.8) is 0 Å². The fraction of sp³-hybridized carbons (Fsp3) is 0.167. The molecular formula is C24H22Cl2N2O3. The maximum absolute atomic E-state index is 12.3. The van der Waals surface area contributed by atoms with Gasteiger partial charge in [-0.3, -0.25) is 4.79 Å². The van der Waals surface area contributed by atoms with Crippen molar-refractivity contribution >= 4 is 35.3 Å². The number of halogens is 2. The highest BCUT2D eigenvalue weighted by Gasteiger charge is 2.06. The topological polar surface area (TPSA) is 59.9 Å². The van der Waals surface area contributed by atoms with Crippen LogP contribution in [0.5, 0.6) is 11.5 Å². The second-order valence-corrected chi connectivity index (χ2v) is 7.46. The van der Waals surface area contributed by atoms with Crippen LogP contribution in [0.2, 0.25) is 10.0 Å². The van der Waals surface area contributed by atoms with Gasteiger partial charge in [0, 0.05) is 11.1 Å². The van der Waals surface area contributed by atoms with Crippen molar-refractivity contribution in [2.75, 3.05) is 6.61 Å². The van der Waals surface area contributed by atoms with Crippen LogP contribution in [0.25, 0.3) is 0 Å². The maximum Gasteiger partial charge on any atom is 0.271 e. The van der Waals surface area contributed by atoms with Crippen LogP contribution in [0.1, 0.15) is 34.8 Å². The molecule has 0 radical (unpaired) electrons. The molecule has 31 heavy (non-hydrogen) atoms. The van der Waals surface area contributed by atoms with E-state index in [1.54, 1.807) is 42.6 Å². The van der Waals surface area contributed by atoms with E-state index in [0.717, 1.165) is 23.3 Å². The Morgan fingerprint density at radius 2 is 1.77 bits per heavy atom. The van der Waals surface area contributed by atoms with E-state index in [1.165, 1.54) is 0 Å². The summed E-state index contributed by atoms with van der Waals surface area (Å²) < 4.78 is 11.4. The molecule has 160 valence electrons. The van der Waals surface area contributed by atoms with Crippen molar-refractivity contribution in [1.29, 1.82) is 0 Å². The molecule has 0 bridgehead atoms. The van der Waals surface area contributed by atoms with Crippen LogP contribution in [0.3, 0.4) is 0 Å². The van der Waals surface area contributed by atoms with E-state index >= 15 is 0 Å². The molecule has 0 heterocycles. The van der Waals surface area contributed by atoms with E-state index in [9.17, 15) is 4.79 Å². The number of benzene rings is 3. The summed E-state index contributed by atoms with van der Waals surface area (Å²) in [5.74, 6) is 1.05. The molecular weight excluding hydrogens is 435 g/mol. The Kier molecular flexibility index (Phi) is 8.33. The minimum atomic E-state index is -0.313. The van der Waals surface area contributed by atoms with Crippen molar-refractivity contribution in [1.82, 2.24) is 5.43 Å². The minimum absolute atomic E-state index is 0.313. The molecule has 3 aromatic carbocycles. The van der Waals surface area contributed by atoms with Crippen molar-refractivity contribution in [2.24, 2.45) is 5.10 Å². The average Bonchev–Trinajstić information content (AvgIpc) is 2.79. The Bertz CT molecular complexity index is 1050. The van der Waals surface area contributed by atoms with Crippen LogP contribution in [-0.4, -0.2) is 18.7 Å². The number of hydrazone groups is 1. The lowest BCUT2D eigenvalue weighted by Crippen LogP contribution is -2.17. The van der Waals surface area contributed by atoms with Crippen LogP contribution in [-0.2, 0) is 6.61 Å². The predicted molar refractivity (Wildman–Crippen MR) is 125 cm³/mol. The molecule has 5 nitrogen and oxygen atoms in total. The minimum Gasteiger partial charge on any atom is -0.494 e. The van der Waals surface area contributed by atoms with E-state index in [2.05, 4.69) is 10.5 Å². The summed E-state index contributed by atoms with van der Waals surface area (Å²) in [5.41, 5.74) is 4.64. The zero-order valence-corrected chi connectivity index (χ0v) is 18.5. The van der Waals surface area contributed by atoms with Crippen LogP contribution >= 0.6 is 23.2 Å². The second-order valence-electron chi connectivity index (χ2n) is 6.65. The van der Waals surface area contributed by atoms with Crippen molar-refractivity contribution in [3.8, 4) is 11.5 Å². The molecule has 0 aromatic heterocycles. The van der Waals surface area contributed by atoms with Crippen LogP contribution in [0.15, 0.2) is 71.8 Å². The summed E-state index contributed by atoms with van der Waals surface area (Å²) in [5, 5.41) is 5.03. The highest BCUT2D eigenvalue weighted by Crippen LogP contribution is 2.24. The summed E-state index contributed by atoms with van der Waals surface area (Å²) in [6.45, 7) is 3.00. The zero-order valence-electron chi connectivity index (χ0n) is 17.0. The van der Waals surface area contributed by atoms with E-state index < -0.39 is 0 Å². The van der Waals surface area contributed by atoms with Gasteiger partial charge < -0.3 is 9.47 Å². The van der Waals surface area contributed by atoms with Crippen molar-refractivity contribution in [3.05, 3.63) is 93.5 Å². The molecule has 0 fully saturated rings. The number of nitrogens with one attached hydrogen (secondary N) is 1. The molecule has 0 aliphatic rings. The SMILES string of the molecule is CCCOc1ccc(C(=O)N/N=C\c2ccccc2OCc2ccc(Cl)c(Cl)c2)cc1. The normalized spacial score (nSPS) is 10.8. The molecule has 3 rings (SSSR count). The van der Waals surface area contributed by atoms with Crippen molar-refractivity contribution < 1.29 is 14.3 Å². The van der Waals surface area contributed by atoms with Gasteiger partial charge >= 0.3 is 0 Å². The maximum atomic E-state index is 12.3. The van der Waals surface area contributed by atoms with Crippen LogP contribution in [0, 0.1) is 0 Å². The number of para-hydroxylation sites is 1. The zero-order chi connectivity index (χ0) is 22.1. The predicted octanol–water partition coefficient (Wildman–Crippen LogP) is 6.13. The molecule has 3 aromatic rings. The van der Waals surface area contributed by atoms with Gasteiger partial charge in [-0.15, -0.1) is 0 Å². The first-order valence-corrected chi connectivity index (χ1v) is 10.5. The third-order valence-electron chi connectivity index (χ3n) is 4.26. The number of rotatable bonds is 9. The van der Waals surface area contributed by atoms with E-state index in [0.29, 0.717) is 34.6 Å². The monoisotopic (exact) mass is 456 g/mol. The Labute approximate surface area is 191 Å². The lowest BCUT2D eigenvalue weighted by Gasteiger charge is -2.09. The molecule has 0 aliphatic heterocycles. The summed E-state index contributed by atoms with van der Waals surface area (Å²) in [7, 11) is 0. The number of carbonyl (C=O) groups excluding carboxylic acids is 1. The number of amides is 1. The van der Waals surface area contributed by atoms with E-state index in [1.807, 2.05) is 37.3 Å². The third-order valence-corrected chi connectivity index (χ3v) is 5.00. The first-order chi connectivity index (χ1) is 15.1. The second kappa shape index (κ2) is 11.4. The fourth-order valence-electron chi connectivity index (χ4n) is 2.66. The van der Waals surface area contributed by atoms with Gasteiger partial charge in [0.2, 0.25) is 0 Å². The van der Waals surface area contributed by atoms with E-state index in [-0.39, 0.29) is 5.91 Å². The van der Waals surface area contributed by atoms with Crippen LogP contribution in [0.4, 0.5) is 0 Å². The van der Waals surface area contributed by atoms with Gasteiger partial charge in [0.1, 0.15) is 18.1 Å². The Balaban J connectivity index is 1.59. The molecule has 0 aliphatic carbocycles. The Morgan fingerprint density at radius 3 is 2.52 bits per heavy atom. The Hall–Kier alpha value is -3.02. The van der Waals surface area contributed by atoms with Gasteiger partial charge in [-0.2, -0.15) is 5.10 Å². The standard InChI is InChI=1S/C24H22Cl2N2O3/c1-2-13-30-20-10-8-18(9-11-20)24(29)28-27-15-19-5-3-4-6-23(19)31-16-17-7-12-21(25)22(26)14-17/h3-12,14-15H,2,13,16H2,1H3,(H,28,29)/b27-15-. The lowest BCUT2D eigenvalue weighted by atomic mass is 10.2. The summed E-state index contributed by atoms with van der Waals surface area (Å²) in [6.07, 6.45) is 2.47. The van der Waals surface area contributed by atoms with Gasteiger partial charge in [-0.1, -0.05) is 48.3 Å². The fourth-order valence-corrected chi connectivity index (χ4v) is 2.98. The first-order valence-electron chi connectivity index (χ1n) is 9.79. The van der Waals surface area contributed by atoms with Crippen molar-refractivity contribution in [2.45, 2.75) is 20.0 Å². The number of hydrogen-bond acceptors (Lipinski definition) is 4. The third kappa shape index (κ3) is 6.74. The number of carbonyl (C=O) groups is 1. The molecule has 0 unspecified atom stereocenters. The van der Waals surface area contributed by atoms with Gasteiger partial charge in [0.15, 0.2) is 0 Å². The first kappa shape index (κ1) is 22.7. The molecule has 0 saturated heterocycles. The highest BCUT2D eigenvalue weighted by atomic mass is 35.5. The van der Waals surface area contributed by atoms with Gasteiger partial charge in [-0.05, 0) is 60.5 Å². The molecule has 1 amide bonds. The number of ether oxygens (including phenoxy) is 2. The number of hydrogen-bond donors (Lipinski definition) is 1. The Morgan fingerprint density at radius 1 is 1.00 bits per heavy atom. The van der Waals surface area contributed by atoms with Gasteiger partial charge in [0.05, 0.1) is 22.9 Å². The summed E-state index contributed by atoms with van der Waals surface area (Å²) in [4.78, 5) is 12.3. The van der Waals surface area contributed by atoms with E-state index in [4.69, 9.17) is 32.7 Å². The molecule has 0 saturated carbocycles. The largest absolute Gasteiger partial charge is 0.494 e. The highest BCUT2D eigenvalue weighted by molar-refractivity contribution is 6.42.